The molecule has 2 aromatic heterocycles. The number of hydrogen-bond acceptors (Lipinski definition) is 5. The van der Waals surface area contributed by atoms with Gasteiger partial charge in [-0.1, -0.05) is 17.7 Å². The number of fused-ring (bicyclic) bond motifs is 1. The van der Waals surface area contributed by atoms with E-state index in [9.17, 15) is 9.18 Å². The topological polar surface area (TPSA) is 88.2 Å². The van der Waals surface area contributed by atoms with E-state index in [1.54, 1.807) is 12.1 Å². The zero-order valence-corrected chi connectivity index (χ0v) is 11.8. The number of nitrogens with zero attached hydrogens (tertiary/aromatic N) is 2. The van der Waals surface area contributed by atoms with Crippen LogP contribution in [-0.4, -0.2) is 21.0 Å². The van der Waals surface area contributed by atoms with Gasteiger partial charge >= 0.3 is 12.0 Å². The van der Waals surface area contributed by atoms with Crippen molar-refractivity contribution in [2.75, 3.05) is 5.32 Å². The zero-order valence-electron chi connectivity index (χ0n) is 11.0. The number of rotatable bonds is 4. The standard InChI is InChI=1S/C14H9ClFN3O3/c15-8-2-4-10(17-6-8)19-14-18-9-3-1-7(5-11(20)21)12(16)13(9)22-14/h1-4,6H,5H2,(H,20,21)(H,17,18,19). The van der Waals surface area contributed by atoms with E-state index < -0.39 is 18.2 Å². The van der Waals surface area contributed by atoms with Crippen LogP contribution in [0.15, 0.2) is 34.9 Å². The number of hydrogen-bond donors (Lipinski definition) is 2. The number of carboxylic acids is 1. The van der Waals surface area contributed by atoms with Crippen LogP contribution in [0.4, 0.5) is 16.2 Å². The minimum absolute atomic E-state index is 0.0346. The molecule has 22 heavy (non-hydrogen) atoms. The summed E-state index contributed by atoms with van der Waals surface area (Å²) in [7, 11) is 0. The summed E-state index contributed by atoms with van der Waals surface area (Å²) in [6.07, 6.45) is 1.02. The lowest BCUT2D eigenvalue weighted by atomic mass is 10.1. The molecule has 0 fully saturated rings. The molecule has 0 aliphatic carbocycles. The van der Waals surface area contributed by atoms with Gasteiger partial charge in [0.1, 0.15) is 11.3 Å². The third kappa shape index (κ3) is 2.84. The third-order valence-electron chi connectivity index (χ3n) is 2.88. The molecule has 0 unspecified atom stereocenters. The summed E-state index contributed by atoms with van der Waals surface area (Å²) in [5.74, 6) is -1.42. The van der Waals surface area contributed by atoms with Crippen LogP contribution in [0.3, 0.4) is 0 Å². The summed E-state index contributed by atoms with van der Waals surface area (Å²) in [5.41, 5.74) is 0.214. The molecular weight excluding hydrogens is 313 g/mol. The second-order valence-electron chi connectivity index (χ2n) is 4.46. The molecule has 0 radical (unpaired) electrons. The number of carbonyl (C=O) groups is 1. The maximum absolute atomic E-state index is 14.2. The lowest BCUT2D eigenvalue weighted by Crippen LogP contribution is -2.02. The molecule has 0 bridgehead atoms. The summed E-state index contributed by atoms with van der Waals surface area (Å²) in [6.45, 7) is 0. The molecule has 0 aliphatic heterocycles. The van der Waals surface area contributed by atoms with Gasteiger partial charge in [-0.05, 0) is 18.2 Å². The van der Waals surface area contributed by atoms with Crippen LogP contribution in [-0.2, 0) is 11.2 Å². The van der Waals surface area contributed by atoms with Crippen molar-refractivity contribution in [1.82, 2.24) is 9.97 Å². The summed E-state index contributed by atoms with van der Waals surface area (Å²) < 4.78 is 19.5. The number of carboxylic acid groups (broad SMARTS) is 1. The Morgan fingerprint density at radius 3 is 2.86 bits per heavy atom. The van der Waals surface area contributed by atoms with E-state index in [0.717, 1.165) is 0 Å². The van der Waals surface area contributed by atoms with Gasteiger partial charge in [-0.2, -0.15) is 4.98 Å². The maximum Gasteiger partial charge on any atom is 0.307 e. The molecular formula is C14H9ClFN3O3. The number of aromatic nitrogens is 2. The summed E-state index contributed by atoms with van der Waals surface area (Å²) in [5, 5.41) is 12.0. The first-order valence-corrected chi connectivity index (χ1v) is 6.59. The molecule has 2 N–H and O–H groups in total. The quantitative estimate of drug-likeness (QED) is 0.765. The maximum atomic E-state index is 14.2. The Balaban J connectivity index is 1.94. The van der Waals surface area contributed by atoms with Crippen molar-refractivity contribution in [1.29, 1.82) is 0 Å². The molecule has 3 aromatic rings. The van der Waals surface area contributed by atoms with Gasteiger partial charge in [-0.3, -0.25) is 10.1 Å². The SMILES string of the molecule is O=C(O)Cc1ccc2nc(Nc3ccc(Cl)cn3)oc2c1F. The first-order valence-electron chi connectivity index (χ1n) is 6.21. The van der Waals surface area contributed by atoms with Crippen molar-refractivity contribution in [3.8, 4) is 0 Å². The Labute approximate surface area is 128 Å². The molecule has 112 valence electrons. The molecule has 8 heteroatoms. The van der Waals surface area contributed by atoms with Crippen LogP contribution in [0.2, 0.25) is 5.02 Å². The fourth-order valence-corrected chi connectivity index (χ4v) is 2.02. The van der Waals surface area contributed by atoms with Gasteiger partial charge < -0.3 is 9.52 Å². The van der Waals surface area contributed by atoms with Gasteiger partial charge in [0, 0.05) is 11.8 Å². The molecule has 0 atom stereocenters. The number of anilines is 2. The van der Waals surface area contributed by atoms with Crippen LogP contribution in [0.25, 0.3) is 11.1 Å². The van der Waals surface area contributed by atoms with Crippen molar-refractivity contribution in [3.05, 3.63) is 46.9 Å². The van der Waals surface area contributed by atoms with Gasteiger partial charge in [-0.15, -0.1) is 0 Å². The van der Waals surface area contributed by atoms with Gasteiger partial charge in [0.05, 0.1) is 11.4 Å². The number of halogens is 2. The highest BCUT2D eigenvalue weighted by molar-refractivity contribution is 6.30. The average Bonchev–Trinajstić information content (AvgIpc) is 2.88. The second kappa shape index (κ2) is 5.61. The Morgan fingerprint density at radius 2 is 2.18 bits per heavy atom. The smallest absolute Gasteiger partial charge is 0.307 e. The van der Waals surface area contributed by atoms with E-state index in [1.165, 1.54) is 18.3 Å². The molecule has 0 saturated heterocycles. The van der Waals surface area contributed by atoms with Crippen LogP contribution in [0.5, 0.6) is 0 Å². The Hall–Kier alpha value is -2.67. The predicted octanol–water partition coefficient (Wildman–Crippen LogP) is 3.39. The average molecular weight is 322 g/mol. The van der Waals surface area contributed by atoms with E-state index in [0.29, 0.717) is 10.8 Å². The van der Waals surface area contributed by atoms with E-state index in [1.807, 2.05) is 0 Å². The molecule has 2 heterocycles. The summed E-state index contributed by atoms with van der Waals surface area (Å²) in [4.78, 5) is 18.8. The van der Waals surface area contributed by atoms with Gasteiger partial charge in [0.25, 0.3) is 0 Å². The second-order valence-corrected chi connectivity index (χ2v) is 4.90. The highest BCUT2D eigenvalue weighted by Gasteiger charge is 2.16. The Bertz CT molecular complexity index is 848. The first kappa shape index (κ1) is 14.3. The number of pyridine rings is 1. The molecule has 1 aromatic carbocycles. The van der Waals surface area contributed by atoms with E-state index in [-0.39, 0.29) is 22.7 Å². The highest BCUT2D eigenvalue weighted by Crippen LogP contribution is 2.26. The van der Waals surface area contributed by atoms with Crippen LogP contribution in [0, 0.1) is 5.82 Å². The number of oxazole rings is 1. The van der Waals surface area contributed by atoms with E-state index in [2.05, 4.69) is 15.3 Å². The van der Waals surface area contributed by atoms with E-state index >= 15 is 0 Å². The lowest BCUT2D eigenvalue weighted by molar-refractivity contribution is -0.136. The first-order chi connectivity index (χ1) is 10.5. The minimum atomic E-state index is -1.12. The number of nitrogens with one attached hydrogen (secondary N) is 1. The molecule has 0 amide bonds. The monoisotopic (exact) mass is 321 g/mol. The van der Waals surface area contributed by atoms with Crippen molar-refractivity contribution < 1.29 is 18.7 Å². The number of aliphatic carboxylic acids is 1. The summed E-state index contributed by atoms with van der Waals surface area (Å²) in [6, 6.07) is 6.17. The molecule has 0 saturated carbocycles. The van der Waals surface area contributed by atoms with Crippen LogP contribution < -0.4 is 5.32 Å². The fourth-order valence-electron chi connectivity index (χ4n) is 1.91. The number of benzene rings is 1. The van der Waals surface area contributed by atoms with Gasteiger partial charge in [0.2, 0.25) is 0 Å². The third-order valence-corrected chi connectivity index (χ3v) is 3.10. The normalized spacial score (nSPS) is 10.8. The van der Waals surface area contributed by atoms with E-state index in [4.69, 9.17) is 21.1 Å². The fraction of sp³-hybridized carbons (Fsp3) is 0.0714. The van der Waals surface area contributed by atoms with Crippen molar-refractivity contribution >= 4 is 40.5 Å². The minimum Gasteiger partial charge on any atom is -0.481 e. The van der Waals surface area contributed by atoms with Crippen LogP contribution in [0.1, 0.15) is 5.56 Å². The Morgan fingerprint density at radius 1 is 1.36 bits per heavy atom. The molecule has 0 aliphatic rings. The summed E-state index contributed by atoms with van der Waals surface area (Å²) >= 11 is 5.73. The van der Waals surface area contributed by atoms with Gasteiger partial charge in [-0.25, -0.2) is 9.37 Å². The lowest BCUT2D eigenvalue weighted by Gasteiger charge is -1.99. The molecule has 3 rings (SSSR count). The molecule has 0 spiro atoms. The van der Waals surface area contributed by atoms with Crippen molar-refractivity contribution in [3.63, 3.8) is 0 Å². The predicted molar refractivity (Wildman–Crippen MR) is 77.8 cm³/mol. The van der Waals surface area contributed by atoms with Crippen molar-refractivity contribution in [2.24, 2.45) is 0 Å². The zero-order chi connectivity index (χ0) is 15.7. The Kier molecular flexibility index (Phi) is 3.64. The highest BCUT2D eigenvalue weighted by atomic mass is 35.5. The van der Waals surface area contributed by atoms with Crippen molar-refractivity contribution in [2.45, 2.75) is 6.42 Å². The van der Waals surface area contributed by atoms with Crippen LogP contribution >= 0.6 is 11.6 Å². The molecule has 6 nitrogen and oxygen atoms in total. The largest absolute Gasteiger partial charge is 0.481 e. The van der Waals surface area contributed by atoms with Gasteiger partial charge in [0.15, 0.2) is 11.4 Å².